The van der Waals surface area contributed by atoms with Crippen molar-refractivity contribution in [3.8, 4) is 0 Å². The average Bonchev–Trinajstić information content (AvgIpc) is 2.70. The minimum Gasteiger partial charge on any atom is -0.322 e. The van der Waals surface area contributed by atoms with Crippen LogP contribution in [0.3, 0.4) is 0 Å². The SMILES string of the molecule is Cc1ccc(S(=O)(=O)N2CCN(CC(=O)Nc3c(Cl)ccc(C)c3Cl)CC2)cc1C. The van der Waals surface area contributed by atoms with Crippen molar-refractivity contribution in [2.45, 2.75) is 25.7 Å². The fraction of sp³-hybridized carbons (Fsp3) is 0.381. The molecule has 0 bridgehead atoms. The second-order valence-corrected chi connectivity index (χ2v) is 10.3. The van der Waals surface area contributed by atoms with Crippen molar-refractivity contribution in [1.29, 1.82) is 0 Å². The average molecular weight is 470 g/mol. The summed E-state index contributed by atoms with van der Waals surface area (Å²) < 4.78 is 27.3. The molecule has 2 aromatic carbocycles. The summed E-state index contributed by atoms with van der Waals surface area (Å²) in [5, 5.41) is 3.56. The summed E-state index contributed by atoms with van der Waals surface area (Å²) in [6.45, 7) is 7.41. The molecule has 1 amide bonds. The van der Waals surface area contributed by atoms with Gasteiger partial charge in [-0.1, -0.05) is 35.3 Å². The molecule has 1 aliphatic heterocycles. The van der Waals surface area contributed by atoms with Crippen molar-refractivity contribution in [2.75, 3.05) is 38.0 Å². The van der Waals surface area contributed by atoms with E-state index in [9.17, 15) is 13.2 Å². The third kappa shape index (κ3) is 4.98. The van der Waals surface area contributed by atoms with E-state index in [2.05, 4.69) is 5.32 Å². The fourth-order valence-electron chi connectivity index (χ4n) is 3.30. The van der Waals surface area contributed by atoms with Crippen LogP contribution in [-0.4, -0.2) is 56.3 Å². The Hall–Kier alpha value is -1.64. The van der Waals surface area contributed by atoms with Crippen LogP contribution in [0, 0.1) is 20.8 Å². The lowest BCUT2D eigenvalue weighted by molar-refractivity contribution is -0.117. The zero-order valence-corrected chi connectivity index (χ0v) is 19.5. The van der Waals surface area contributed by atoms with Gasteiger partial charge in [-0.25, -0.2) is 8.42 Å². The summed E-state index contributed by atoms with van der Waals surface area (Å²) in [4.78, 5) is 14.7. The van der Waals surface area contributed by atoms with Gasteiger partial charge in [-0.2, -0.15) is 4.31 Å². The molecule has 2 aromatic rings. The Morgan fingerprint density at radius 2 is 1.60 bits per heavy atom. The van der Waals surface area contributed by atoms with E-state index >= 15 is 0 Å². The lowest BCUT2D eigenvalue weighted by Gasteiger charge is -2.33. The zero-order valence-electron chi connectivity index (χ0n) is 17.2. The molecule has 1 fully saturated rings. The van der Waals surface area contributed by atoms with Gasteiger partial charge in [0.1, 0.15) is 0 Å². The van der Waals surface area contributed by atoms with Gasteiger partial charge in [0.2, 0.25) is 15.9 Å². The molecule has 0 spiro atoms. The Labute approximate surface area is 187 Å². The number of anilines is 1. The predicted octanol–water partition coefficient (Wildman–Crippen LogP) is 3.86. The first-order chi connectivity index (χ1) is 14.1. The maximum Gasteiger partial charge on any atom is 0.243 e. The predicted molar refractivity (Wildman–Crippen MR) is 121 cm³/mol. The molecule has 0 aliphatic carbocycles. The maximum absolute atomic E-state index is 12.9. The van der Waals surface area contributed by atoms with Crippen molar-refractivity contribution in [2.24, 2.45) is 0 Å². The highest BCUT2D eigenvalue weighted by Crippen LogP contribution is 2.32. The summed E-state index contributed by atoms with van der Waals surface area (Å²) in [6, 6.07) is 8.65. The molecule has 9 heteroatoms. The van der Waals surface area contributed by atoms with Crippen molar-refractivity contribution in [3.63, 3.8) is 0 Å². The van der Waals surface area contributed by atoms with E-state index in [0.29, 0.717) is 46.8 Å². The monoisotopic (exact) mass is 469 g/mol. The van der Waals surface area contributed by atoms with Crippen molar-refractivity contribution < 1.29 is 13.2 Å². The molecule has 162 valence electrons. The Morgan fingerprint density at radius 1 is 0.967 bits per heavy atom. The Balaban J connectivity index is 1.60. The number of carbonyl (C=O) groups is 1. The quantitative estimate of drug-likeness (QED) is 0.721. The number of hydrogen-bond acceptors (Lipinski definition) is 4. The minimum atomic E-state index is -3.55. The first-order valence-corrected chi connectivity index (χ1v) is 11.8. The molecule has 0 saturated carbocycles. The highest BCUT2D eigenvalue weighted by atomic mass is 35.5. The maximum atomic E-state index is 12.9. The summed E-state index contributed by atoms with van der Waals surface area (Å²) in [5.74, 6) is -0.241. The lowest BCUT2D eigenvalue weighted by atomic mass is 10.1. The molecular formula is C21H25Cl2N3O3S. The molecule has 0 atom stereocenters. The first-order valence-electron chi connectivity index (χ1n) is 9.64. The molecule has 30 heavy (non-hydrogen) atoms. The summed E-state index contributed by atoms with van der Waals surface area (Å²) in [5.41, 5.74) is 3.22. The molecule has 1 heterocycles. The smallest absolute Gasteiger partial charge is 0.243 e. The molecule has 0 radical (unpaired) electrons. The number of sulfonamides is 1. The Kier molecular flexibility index (Phi) is 7.09. The van der Waals surface area contributed by atoms with Crippen molar-refractivity contribution >= 4 is 44.8 Å². The number of benzene rings is 2. The number of halogens is 2. The number of aryl methyl sites for hydroxylation is 3. The number of rotatable bonds is 5. The standard InChI is InChI=1S/C21H25Cl2N3O3S/c1-14-4-6-17(12-16(14)3)30(28,29)26-10-8-25(9-11-26)13-19(27)24-21-18(22)7-5-15(2)20(21)23/h4-7,12H,8-11,13H2,1-3H3,(H,24,27). The first kappa shape index (κ1) is 23.0. The topological polar surface area (TPSA) is 69.7 Å². The van der Waals surface area contributed by atoms with Gasteiger partial charge in [0.25, 0.3) is 0 Å². The third-order valence-corrected chi connectivity index (χ3v) is 8.06. The third-order valence-electron chi connectivity index (χ3n) is 5.36. The van der Waals surface area contributed by atoms with Gasteiger partial charge in [-0.15, -0.1) is 0 Å². The molecule has 0 aromatic heterocycles. The summed E-state index contributed by atoms with van der Waals surface area (Å²) in [6.07, 6.45) is 0. The number of carbonyl (C=O) groups excluding carboxylic acids is 1. The van der Waals surface area contributed by atoms with E-state index in [4.69, 9.17) is 23.2 Å². The van der Waals surface area contributed by atoms with Crippen LogP contribution in [-0.2, 0) is 14.8 Å². The number of piperazine rings is 1. The van der Waals surface area contributed by atoms with E-state index in [1.54, 1.807) is 24.3 Å². The summed E-state index contributed by atoms with van der Waals surface area (Å²) >= 11 is 12.4. The minimum absolute atomic E-state index is 0.137. The molecule has 1 N–H and O–H groups in total. The van der Waals surface area contributed by atoms with E-state index in [1.165, 1.54) is 4.31 Å². The number of nitrogens with one attached hydrogen (secondary N) is 1. The number of hydrogen-bond donors (Lipinski definition) is 1. The second kappa shape index (κ2) is 9.24. The van der Waals surface area contributed by atoms with Crippen molar-refractivity contribution in [3.05, 3.63) is 57.1 Å². The molecule has 1 saturated heterocycles. The van der Waals surface area contributed by atoms with E-state index in [1.807, 2.05) is 31.7 Å². The summed E-state index contributed by atoms with van der Waals surface area (Å²) in [7, 11) is -3.55. The largest absolute Gasteiger partial charge is 0.322 e. The molecule has 3 rings (SSSR count). The van der Waals surface area contributed by atoms with Crippen LogP contribution in [0.2, 0.25) is 10.0 Å². The van der Waals surface area contributed by atoms with Crippen LogP contribution in [0.1, 0.15) is 16.7 Å². The molecular weight excluding hydrogens is 445 g/mol. The Bertz CT molecular complexity index is 1070. The van der Waals surface area contributed by atoms with E-state index < -0.39 is 10.0 Å². The normalized spacial score (nSPS) is 15.9. The van der Waals surface area contributed by atoms with Crippen LogP contribution in [0.25, 0.3) is 0 Å². The van der Waals surface area contributed by atoms with Gasteiger partial charge in [-0.05, 0) is 55.7 Å². The second-order valence-electron chi connectivity index (χ2n) is 7.53. The van der Waals surface area contributed by atoms with Crippen molar-refractivity contribution in [1.82, 2.24) is 9.21 Å². The number of nitrogens with zero attached hydrogens (tertiary/aromatic N) is 2. The van der Waals surface area contributed by atoms with Crippen LogP contribution >= 0.6 is 23.2 Å². The highest BCUT2D eigenvalue weighted by Gasteiger charge is 2.29. The molecule has 1 aliphatic rings. The number of amides is 1. The van der Waals surface area contributed by atoms with Gasteiger partial charge in [-0.3, -0.25) is 9.69 Å². The Morgan fingerprint density at radius 3 is 2.23 bits per heavy atom. The van der Waals surface area contributed by atoms with E-state index in [-0.39, 0.29) is 12.5 Å². The van der Waals surface area contributed by atoms with Gasteiger partial charge in [0.05, 0.1) is 27.2 Å². The van der Waals surface area contributed by atoms with Gasteiger partial charge in [0.15, 0.2) is 0 Å². The van der Waals surface area contributed by atoms with Gasteiger partial charge >= 0.3 is 0 Å². The zero-order chi connectivity index (χ0) is 22.1. The van der Waals surface area contributed by atoms with Crippen LogP contribution in [0.15, 0.2) is 35.2 Å². The van der Waals surface area contributed by atoms with Crippen LogP contribution in [0.4, 0.5) is 5.69 Å². The lowest BCUT2D eigenvalue weighted by Crippen LogP contribution is -2.50. The van der Waals surface area contributed by atoms with Crippen LogP contribution in [0.5, 0.6) is 0 Å². The fourth-order valence-corrected chi connectivity index (χ4v) is 5.28. The van der Waals surface area contributed by atoms with Gasteiger partial charge in [0, 0.05) is 26.2 Å². The highest BCUT2D eigenvalue weighted by molar-refractivity contribution is 7.89. The molecule has 0 unspecified atom stereocenters. The van der Waals surface area contributed by atoms with E-state index in [0.717, 1.165) is 16.7 Å². The van der Waals surface area contributed by atoms with Crippen LogP contribution < -0.4 is 5.32 Å². The molecule has 6 nitrogen and oxygen atoms in total. The van der Waals surface area contributed by atoms with Gasteiger partial charge < -0.3 is 5.32 Å².